The molecule has 0 spiro atoms. The zero-order valence-electron chi connectivity index (χ0n) is 7.75. The number of rotatable bonds is 3. The molecule has 0 amide bonds. The zero-order chi connectivity index (χ0) is 9.68. The standard InChI is InChI=1S/C9H15NO3/c1-13-8-4-7(6-12)9(2-3-11)10-5-8/h8-11H,2-5H2,1H3. The summed E-state index contributed by atoms with van der Waals surface area (Å²) in [5, 5.41) is 11.9. The molecule has 1 heterocycles. The van der Waals surface area contributed by atoms with Gasteiger partial charge in [0.25, 0.3) is 0 Å². The van der Waals surface area contributed by atoms with Gasteiger partial charge in [0.05, 0.1) is 6.10 Å². The monoisotopic (exact) mass is 185 g/mol. The summed E-state index contributed by atoms with van der Waals surface area (Å²) >= 11 is 0. The van der Waals surface area contributed by atoms with Crippen molar-refractivity contribution in [3.05, 3.63) is 5.57 Å². The van der Waals surface area contributed by atoms with Crippen LogP contribution >= 0.6 is 0 Å². The lowest BCUT2D eigenvalue weighted by Gasteiger charge is -2.29. The minimum absolute atomic E-state index is 0.0195. The molecule has 0 bridgehead atoms. The van der Waals surface area contributed by atoms with E-state index >= 15 is 0 Å². The molecule has 1 fully saturated rings. The molecule has 0 aromatic heterocycles. The second-order valence-corrected chi connectivity index (χ2v) is 3.16. The van der Waals surface area contributed by atoms with Gasteiger partial charge in [-0.15, -0.1) is 0 Å². The van der Waals surface area contributed by atoms with Gasteiger partial charge in [-0.1, -0.05) is 0 Å². The fraction of sp³-hybridized carbons (Fsp3) is 0.778. The first-order valence-corrected chi connectivity index (χ1v) is 4.42. The lowest BCUT2D eigenvalue weighted by atomic mass is 9.95. The fourth-order valence-electron chi connectivity index (χ4n) is 1.54. The van der Waals surface area contributed by atoms with Crippen LogP contribution in [0.15, 0.2) is 5.57 Å². The van der Waals surface area contributed by atoms with E-state index in [9.17, 15) is 4.79 Å². The third-order valence-corrected chi connectivity index (χ3v) is 2.34. The Hall–Kier alpha value is -0.670. The topological polar surface area (TPSA) is 58.6 Å². The van der Waals surface area contributed by atoms with Crippen LogP contribution in [0.5, 0.6) is 0 Å². The maximum absolute atomic E-state index is 10.6. The van der Waals surface area contributed by atoms with E-state index in [1.807, 2.05) is 5.94 Å². The van der Waals surface area contributed by atoms with Crippen molar-refractivity contribution in [3.63, 3.8) is 0 Å². The van der Waals surface area contributed by atoms with Crippen molar-refractivity contribution in [1.82, 2.24) is 5.32 Å². The maximum atomic E-state index is 10.6. The Labute approximate surface area is 77.6 Å². The van der Waals surface area contributed by atoms with Crippen LogP contribution in [0.3, 0.4) is 0 Å². The molecular weight excluding hydrogens is 170 g/mol. The van der Waals surface area contributed by atoms with E-state index in [0.717, 1.165) is 6.54 Å². The first-order valence-electron chi connectivity index (χ1n) is 4.42. The largest absolute Gasteiger partial charge is 0.396 e. The first kappa shape index (κ1) is 10.4. The van der Waals surface area contributed by atoms with Gasteiger partial charge in [-0.2, -0.15) is 0 Å². The van der Waals surface area contributed by atoms with Gasteiger partial charge in [0.15, 0.2) is 0 Å². The number of aliphatic hydroxyl groups excluding tert-OH is 1. The van der Waals surface area contributed by atoms with Crippen LogP contribution in [-0.2, 0) is 9.53 Å². The second-order valence-electron chi connectivity index (χ2n) is 3.16. The Bertz CT molecular complexity index is 211. The van der Waals surface area contributed by atoms with Crippen LogP contribution in [0, 0.1) is 0 Å². The summed E-state index contributed by atoms with van der Waals surface area (Å²) in [5.41, 5.74) is 0.673. The molecule has 1 aliphatic heterocycles. The molecular formula is C9H15NO3. The third-order valence-electron chi connectivity index (χ3n) is 2.34. The summed E-state index contributed by atoms with van der Waals surface area (Å²) in [6.45, 7) is 0.812. The molecule has 0 aromatic rings. The minimum atomic E-state index is -0.0195. The molecule has 1 aliphatic rings. The average Bonchev–Trinajstić information content (AvgIpc) is 2.19. The SMILES string of the molecule is COC1CNC(CCO)C(=C=O)C1. The van der Waals surface area contributed by atoms with Crippen LogP contribution in [0.25, 0.3) is 0 Å². The highest BCUT2D eigenvalue weighted by Crippen LogP contribution is 2.16. The quantitative estimate of drug-likeness (QED) is 0.582. The molecule has 74 valence electrons. The molecule has 0 aromatic carbocycles. The van der Waals surface area contributed by atoms with Gasteiger partial charge >= 0.3 is 0 Å². The molecule has 2 atom stereocenters. The number of piperidine rings is 1. The molecule has 1 saturated heterocycles. The Kier molecular flexibility index (Phi) is 4.12. The lowest BCUT2D eigenvalue weighted by molar-refractivity contribution is 0.0857. The van der Waals surface area contributed by atoms with E-state index in [0.29, 0.717) is 18.4 Å². The number of nitrogens with one attached hydrogen (secondary N) is 1. The smallest absolute Gasteiger partial charge is 0.125 e. The average molecular weight is 185 g/mol. The van der Waals surface area contributed by atoms with Gasteiger partial charge in [-0.3, -0.25) is 0 Å². The predicted octanol–water partition coefficient (Wildman–Crippen LogP) is -0.496. The molecule has 4 heteroatoms. The van der Waals surface area contributed by atoms with Crippen molar-refractivity contribution in [2.24, 2.45) is 0 Å². The number of hydrogen-bond donors (Lipinski definition) is 2. The molecule has 0 aliphatic carbocycles. The van der Waals surface area contributed by atoms with Crippen molar-refractivity contribution >= 4 is 5.94 Å². The van der Waals surface area contributed by atoms with E-state index in [1.165, 1.54) is 0 Å². The molecule has 2 unspecified atom stereocenters. The summed E-state index contributed by atoms with van der Waals surface area (Å²) in [4.78, 5) is 10.6. The molecule has 13 heavy (non-hydrogen) atoms. The maximum Gasteiger partial charge on any atom is 0.125 e. The summed E-state index contributed by atoms with van der Waals surface area (Å²) < 4.78 is 5.12. The Morgan fingerprint density at radius 1 is 1.77 bits per heavy atom. The van der Waals surface area contributed by atoms with Crippen LogP contribution < -0.4 is 5.32 Å². The second kappa shape index (κ2) is 5.14. The van der Waals surface area contributed by atoms with E-state index in [1.54, 1.807) is 7.11 Å². The third kappa shape index (κ3) is 2.64. The van der Waals surface area contributed by atoms with E-state index in [-0.39, 0.29) is 18.8 Å². The van der Waals surface area contributed by atoms with Crippen molar-refractivity contribution in [1.29, 1.82) is 0 Å². The van der Waals surface area contributed by atoms with Crippen molar-refractivity contribution in [3.8, 4) is 0 Å². The molecule has 4 nitrogen and oxygen atoms in total. The number of ether oxygens (including phenoxy) is 1. The molecule has 0 saturated carbocycles. The first-order chi connectivity index (χ1) is 6.31. The summed E-state index contributed by atoms with van der Waals surface area (Å²) in [5.74, 6) is 1.92. The number of hydrogen-bond acceptors (Lipinski definition) is 4. The van der Waals surface area contributed by atoms with E-state index < -0.39 is 0 Å². The van der Waals surface area contributed by atoms with Crippen LogP contribution in [-0.4, -0.2) is 43.5 Å². The van der Waals surface area contributed by atoms with Gasteiger partial charge in [0.1, 0.15) is 5.94 Å². The predicted molar refractivity (Wildman–Crippen MR) is 48.1 cm³/mol. The van der Waals surface area contributed by atoms with E-state index in [2.05, 4.69) is 5.32 Å². The normalized spacial score (nSPS) is 28.6. The van der Waals surface area contributed by atoms with Gasteiger partial charge in [-0.25, -0.2) is 4.79 Å². The Morgan fingerprint density at radius 2 is 2.54 bits per heavy atom. The Morgan fingerprint density at radius 3 is 3.08 bits per heavy atom. The van der Waals surface area contributed by atoms with Gasteiger partial charge in [-0.05, 0) is 6.42 Å². The van der Waals surface area contributed by atoms with Crippen molar-refractivity contribution in [2.75, 3.05) is 20.3 Å². The lowest BCUT2D eigenvalue weighted by Crippen LogP contribution is -2.44. The summed E-state index contributed by atoms with van der Waals surface area (Å²) in [6, 6.07) is -0.0195. The number of methoxy groups -OCH3 is 1. The molecule has 0 radical (unpaired) electrons. The highest BCUT2D eigenvalue weighted by atomic mass is 16.5. The summed E-state index contributed by atoms with van der Waals surface area (Å²) in [7, 11) is 1.63. The van der Waals surface area contributed by atoms with Gasteiger partial charge in [0.2, 0.25) is 0 Å². The molecule has 1 rings (SSSR count). The van der Waals surface area contributed by atoms with Crippen LogP contribution in [0.4, 0.5) is 0 Å². The number of aliphatic hydroxyl groups is 1. The van der Waals surface area contributed by atoms with Crippen LogP contribution in [0.2, 0.25) is 0 Å². The minimum Gasteiger partial charge on any atom is -0.396 e. The van der Waals surface area contributed by atoms with Crippen LogP contribution in [0.1, 0.15) is 12.8 Å². The van der Waals surface area contributed by atoms with Gasteiger partial charge < -0.3 is 15.2 Å². The fourth-order valence-corrected chi connectivity index (χ4v) is 1.54. The Balaban J connectivity index is 2.56. The zero-order valence-corrected chi connectivity index (χ0v) is 7.75. The van der Waals surface area contributed by atoms with Crippen molar-refractivity contribution in [2.45, 2.75) is 25.0 Å². The number of carbonyl (C=O) groups excluding carboxylic acids is 1. The highest BCUT2D eigenvalue weighted by molar-refractivity contribution is 5.55. The van der Waals surface area contributed by atoms with E-state index in [4.69, 9.17) is 9.84 Å². The van der Waals surface area contributed by atoms with Crippen molar-refractivity contribution < 1.29 is 14.6 Å². The highest BCUT2D eigenvalue weighted by Gasteiger charge is 2.25. The van der Waals surface area contributed by atoms with Gasteiger partial charge in [0, 0.05) is 38.3 Å². The summed E-state index contributed by atoms with van der Waals surface area (Å²) in [6.07, 6.45) is 1.25. The molecule has 2 N–H and O–H groups in total.